The second-order valence-corrected chi connectivity index (χ2v) is 4.85. The quantitative estimate of drug-likeness (QED) is 0.651. The van der Waals surface area contributed by atoms with Crippen LogP contribution in [0.3, 0.4) is 0 Å². The molecule has 0 saturated carbocycles. The van der Waals surface area contributed by atoms with Gasteiger partial charge in [0, 0.05) is 21.7 Å². The SMILES string of the molecule is NC(c1cc(Br)ccc1F)c1cc(F)c(F)cc1F. The molecule has 0 aromatic heterocycles. The summed E-state index contributed by atoms with van der Waals surface area (Å²) in [5.74, 6) is -4.23. The summed E-state index contributed by atoms with van der Waals surface area (Å²) in [4.78, 5) is 0. The van der Waals surface area contributed by atoms with Crippen molar-refractivity contribution in [3.63, 3.8) is 0 Å². The van der Waals surface area contributed by atoms with Gasteiger partial charge in [-0.1, -0.05) is 15.9 Å². The van der Waals surface area contributed by atoms with E-state index in [2.05, 4.69) is 15.9 Å². The Labute approximate surface area is 115 Å². The topological polar surface area (TPSA) is 26.0 Å². The van der Waals surface area contributed by atoms with Crippen molar-refractivity contribution in [3.8, 4) is 0 Å². The molecule has 1 unspecified atom stereocenters. The zero-order chi connectivity index (χ0) is 14.2. The lowest BCUT2D eigenvalue weighted by atomic mass is 9.98. The Morgan fingerprint density at radius 2 is 1.37 bits per heavy atom. The molecule has 0 aliphatic carbocycles. The number of hydrogen-bond donors (Lipinski definition) is 1. The highest BCUT2D eigenvalue weighted by Gasteiger charge is 2.20. The van der Waals surface area contributed by atoms with Gasteiger partial charge in [0.05, 0.1) is 6.04 Å². The largest absolute Gasteiger partial charge is 0.320 e. The van der Waals surface area contributed by atoms with Gasteiger partial charge in [-0.25, -0.2) is 17.6 Å². The number of benzene rings is 2. The van der Waals surface area contributed by atoms with E-state index in [4.69, 9.17) is 5.73 Å². The molecule has 0 radical (unpaired) electrons. The average molecular weight is 334 g/mol. The molecule has 0 aliphatic heterocycles. The fraction of sp³-hybridized carbons (Fsp3) is 0.0769. The molecule has 2 N–H and O–H groups in total. The summed E-state index contributed by atoms with van der Waals surface area (Å²) in [7, 11) is 0. The molecule has 0 aliphatic rings. The Hall–Kier alpha value is -1.40. The first-order valence-electron chi connectivity index (χ1n) is 5.25. The van der Waals surface area contributed by atoms with Crippen molar-refractivity contribution in [1.29, 1.82) is 0 Å². The number of rotatable bonds is 2. The Kier molecular flexibility index (Phi) is 3.91. The highest BCUT2D eigenvalue weighted by Crippen LogP contribution is 2.28. The highest BCUT2D eigenvalue weighted by atomic mass is 79.9. The molecule has 6 heteroatoms. The van der Waals surface area contributed by atoms with E-state index in [-0.39, 0.29) is 11.1 Å². The number of halogens is 5. The first-order chi connectivity index (χ1) is 8.90. The lowest BCUT2D eigenvalue weighted by Crippen LogP contribution is -2.16. The molecule has 19 heavy (non-hydrogen) atoms. The van der Waals surface area contributed by atoms with Crippen molar-refractivity contribution in [3.05, 3.63) is 69.2 Å². The van der Waals surface area contributed by atoms with Crippen LogP contribution in [0, 0.1) is 23.3 Å². The third-order valence-electron chi connectivity index (χ3n) is 2.67. The van der Waals surface area contributed by atoms with Crippen molar-refractivity contribution in [2.75, 3.05) is 0 Å². The normalized spacial score (nSPS) is 12.5. The minimum Gasteiger partial charge on any atom is -0.320 e. The standard InChI is InChI=1S/C13H8BrF4N/c14-6-1-2-9(15)7(3-6)13(19)8-4-11(17)12(18)5-10(8)16/h1-5,13H,19H2. The predicted octanol–water partition coefficient (Wildman–Crippen LogP) is 4.05. The number of nitrogens with two attached hydrogens (primary N) is 1. The van der Waals surface area contributed by atoms with Gasteiger partial charge < -0.3 is 5.73 Å². The van der Waals surface area contributed by atoms with E-state index in [1.807, 2.05) is 0 Å². The molecular weight excluding hydrogens is 326 g/mol. The molecule has 100 valence electrons. The fourth-order valence-electron chi connectivity index (χ4n) is 1.70. The Bertz CT molecular complexity index is 630. The minimum atomic E-state index is -1.32. The van der Waals surface area contributed by atoms with Gasteiger partial charge in [-0.15, -0.1) is 0 Å². The molecule has 0 bridgehead atoms. The Morgan fingerprint density at radius 1 is 0.789 bits per heavy atom. The van der Waals surface area contributed by atoms with E-state index in [9.17, 15) is 17.6 Å². The molecule has 2 aromatic rings. The number of hydrogen-bond acceptors (Lipinski definition) is 1. The lowest BCUT2D eigenvalue weighted by molar-refractivity contribution is 0.486. The van der Waals surface area contributed by atoms with Gasteiger partial charge in [0.15, 0.2) is 11.6 Å². The van der Waals surface area contributed by atoms with Gasteiger partial charge in [-0.2, -0.15) is 0 Å². The summed E-state index contributed by atoms with van der Waals surface area (Å²) in [5, 5.41) is 0. The summed E-state index contributed by atoms with van der Waals surface area (Å²) < 4.78 is 53.7. The van der Waals surface area contributed by atoms with Crippen molar-refractivity contribution in [2.45, 2.75) is 6.04 Å². The van der Waals surface area contributed by atoms with E-state index in [1.165, 1.54) is 12.1 Å². The summed E-state index contributed by atoms with van der Waals surface area (Å²) >= 11 is 3.13. The van der Waals surface area contributed by atoms with Gasteiger partial charge in [0.25, 0.3) is 0 Å². The monoisotopic (exact) mass is 333 g/mol. The van der Waals surface area contributed by atoms with Crippen LogP contribution >= 0.6 is 15.9 Å². The second kappa shape index (κ2) is 5.30. The maximum absolute atomic E-state index is 13.6. The van der Waals surface area contributed by atoms with Gasteiger partial charge >= 0.3 is 0 Å². The van der Waals surface area contributed by atoms with Gasteiger partial charge in [0.1, 0.15) is 11.6 Å². The van der Waals surface area contributed by atoms with E-state index >= 15 is 0 Å². The third-order valence-corrected chi connectivity index (χ3v) is 3.16. The van der Waals surface area contributed by atoms with E-state index in [1.54, 1.807) is 0 Å². The summed E-state index contributed by atoms with van der Waals surface area (Å²) in [6.07, 6.45) is 0. The second-order valence-electron chi connectivity index (χ2n) is 3.93. The van der Waals surface area contributed by atoms with Crippen LogP contribution in [0.5, 0.6) is 0 Å². The van der Waals surface area contributed by atoms with Gasteiger partial charge in [-0.3, -0.25) is 0 Å². The molecule has 2 aromatic carbocycles. The van der Waals surface area contributed by atoms with E-state index in [0.29, 0.717) is 16.6 Å². The first-order valence-corrected chi connectivity index (χ1v) is 6.04. The zero-order valence-electron chi connectivity index (χ0n) is 9.43. The van der Waals surface area contributed by atoms with Crippen LogP contribution in [-0.4, -0.2) is 0 Å². The molecular formula is C13H8BrF4N. The van der Waals surface area contributed by atoms with Crippen LogP contribution in [0.2, 0.25) is 0 Å². The zero-order valence-corrected chi connectivity index (χ0v) is 11.0. The molecule has 0 fully saturated rings. The van der Waals surface area contributed by atoms with Crippen molar-refractivity contribution in [2.24, 2.45) is 5.73 Å². The lowest BCUT2D eigenvalue weighted by Gasteiger charge is -2.15. The molecule has 0 saturated heterocycles. The van der Waals surface area contributed by atoms with Crippen LogP contribution in [0.15, 0.2) is 34.8 Å². The van der Waals surface area contributed by atoms with Crippen LogP contribution in [0.1, 0.15) is 17.2 Å². The molecule has 0 spiro atoms. The molecule has 0 amide bonds. The maximum atomic E-state index is 13.6. The van der Waals surface area contributed by atoms with Crippen molar-refractivity contribution in [1.82, 2.24) is 0 Å². The molecule has 0 heterocycles. The first kappa shape index (κ1) is 14.0. The van der Waals surface area contributed by atoms with E-state index < -0.39 is 29.3 Å². The minimum absolute atomic E-state index is 0.0146. The fourth-order valence-corrected chi connectivity index (χ4v) is 2.08. The maximum Gasteiger partial charge on any atom is 0.161 e. The Morgan fingerprint density at radius 3 is 2.05 bits per heavy atom. The average Bonchev–Trinajstić information content (AvgIpc) is 2.36. The van der Waals surface area contributed by atoms with Crippen LogP contribution in [0.25, 0.3) is 0 Å². The molecule has 1 atom stereocenters. The summed E-state index contributed by atoms with van der Waals surface area (Å²) in [5.41, 5.74) is 5.39. The van der Waals surface area contributed by atoms with Gasteiger partial charge in [-0.05, 0) is 24.3 Å². The summed E-state index contributed by atoms with van der Waals surface area (Å²) in [6.45, 7) is 0. The van der Waals surface area contributed by atoms with Crippen LogP contribution in [-0.2, 0) is 0 Å². The third kappa shape index (κ3) is 2.79. The van der Waals surface area contributed by atoms with E-state index in [0.717, 1.165) is 6.07 Å². The predicted molar refractivity (Wildman–Crippen MR) is 66.4 cm³/mol. The summed E-state index contributed by atoms with van der Waals surface area (Å²) in [6, 6.07) is 3.76. The smallest absolute Gasteiger partial charge is 0.161 e. The molecule has 2 rings (SSSR count). The van der Waals surface area contributed by atoms with Gasteiger partial charge in [0.2, 0.25) is 0 Å². The van der Waals surface area contributed by atoms with Crippen molar-refractivity contribution >= 4 is 15.9 Å². The van der Waals surface area contributed by atoms with Crippen molar-refractivity contribution < 1.29 is 17.6 Å². The van der Waals surface area contributed by atoms with Crippen LogP contribution in [0.4, 0.5) is 17.6 Å². The van der Waals surface area contributed by atoms with Crippen LogP contribution < -0.4 is 5.73 Å². The highest BCUT2D eigenvalue weighted by molar-refractivity contribution is 9.10. The molecule has 1 nitrogen and oxygen atoms in total. The Balaban J connectivity index is 2.52.